The molecule has 0 atom stereocenters. The molecular formula is C15H16N4O5S. The number of aromatic nitrogens is 2. The molecule has 25 heavy (non-hydrogen) atoms. The summed E-state index contributed by atoms with van der Waals surface area (Å²) in [5, 5.41) is 10.4. The summed E-state index contributed by atoms with van der Waals surface area (Å²) >= 11 is 1.48. The molecule has 1 aliphatic rings. The van der Waals surface area contributed by atoms with Crippen LogP contribution in [0.5, 0.6) is 0 Å². The number of urea groups is 1. The topological polar surface area (TPSA) is 123 Å². The highest BCUT2D eigenvalue weighted by atomic mass is 32.1. The molecule has 9 nitrogen and oxygen atoms in total. The van der Waals surface area contributed by atoms with E-state index < -0.39 is 24.5 Å². The van der Waals surface area contributed by atoms with Crippen molar-refractivity contribution in [2.75, 3.05) is 6.61 Å². The van der Waals surface area contributed by atoms with Gasteiger partial charge in [-0.3, -0.25) is 14.9 Å². The van der Waals surface area contributed by atoms with E-state index in [2.05, 4.69) is 20.8 Å². The molecular weight excluding hydrogens is 348 g/mol. The average Bonchev–Trinajstić information content (AvgIpc) is 3.06. The molecule has 3 rings (SSSR count). The average molecular weight is 364 g/mol. The second-order valence-corrected chi connectivity index (χ2v) is 6.39. The van der Waals surface area contributed by atoms with Gasteiger partial charge < -0.3 is 14.6 Å². The minimum absolute atomic E-state index is 0.00633. The fourth-order valence-electron chi connectivity index (χ4n) is 1.90. The Kier molecular flexibility index (Phi) is 5.39. The van der Waals surface area contributed by atoms with Crippen molar-refractivity contribution in [2.45, 2.75) is 31.7 Å². The highest BCUT2D eigenvalue weighted by Gasteiger charge is 2.24. The van der Waals surface area contributed by atoms with Crippen LogP contribution in [0.15, 0.2) is 22.0 Å². The third kappa shape index (κ3) is 5.38. The number of rotatable bonds is 7. The molecule has 132 valence electrons. The first-order chi connectivity index (χ1) is 12.1. The maximum absolute atomic E-state index is 11.6. The zero-order chi connectivity index (χ0) is 17.6. The number of thiophene rings is 1. The van der Waals surface area contributed by atoms with Crippen molar-refractivity contribution >= 4 is 29.2 Å². The van der Waals surface area contributed by atoms with E-state index in [1.165, 1.54) is 11.3 Å². The molecule has 2 aromatic heterocycles. The molecule has 1 saturated carbocycles. The summed E-state index contributed by atoms with van der Waals surface area (Å²) in [6.07, 6.45) is 2.04. The van der Waals surface area contributed by atoms with Crippen LogP contribution in [0.3, 0.4) is 0 Å². The number of hydrogen-bond donors (Lipinski definition) is 2. The molecule has 2 heterocycles. The highest BCUT2D eigenvalue weighted by Crippen LogP contribution is 2.21. The van der Waals surface area contributed by atoms with Crippen molar-refractivity contribution in [3.8, 4) is 10.7 Å². The van der Waals surface area contributed by atoms with E-state index in [0.29, 0.717) is 11.7 Å². The Morgan fingerprint density at radius 3 is 2.92 bits per heavy atom. The lowest BCUT2D eigenvalue weighted by atomic mass is 10.3. The largest absolute Gasteiger partial charge is 0.456 e. The third-order valence-corrected chi connectivity index (χ3v) is 4.15. The van der Waals surface area contributed by atoms with Gasteiger partial charge in [0.1, 0.15) is 0 Å². The number of nitrogens with one attached hydrogen (secondary N) is 2. The van der Waals surface area contributed by atoms with E-state index in [0.717, 1.165) is 17.7 Å². The number of carbonyl (C=O) groups is 3. The molecule has 0 spiro atoms. The third-order valence-electron chi connectivity index (χ3n) is 3.28. The summed E-state index contributed by atoms with van der Waals surface area (Å²) in [7, 11) is 0. The molecule has 0 aromatic carbocycles. The number of esters is 1. The first kappa shape index (κ1) is 17.1. The predicted molar refractivity (Wildman–Crippen MR) is 86.6 cm³/mol. The van der Waals surface area contributed by atoms with Gasteiger partial charge in [-0.05, 0) is 24.3 Å². The van der Waals surface area contributed by atoms with Gasteiger partial charge in [0, 0.05) is 12.5 Å². The minimum Gasteiger partial charge on any atom is -0.456 e. The van der Waals surface area contributed by atoms with Crippen molar-refractivity contribution in [1.82, 2.24) is 20.8 Å². The van der Waals surface area contributed by atoms with E-state index in [1.807, 2.05) is 17.5 Å². The number of carbonyl (C=O) groups excluding carboxylic acids is 3. The van der Waals surface area contributed by atoms with Gasteiger partial charge in [-0.1, -0.05) is 11.2 Å². The fourth-order valence-corrected chi connectivity index (χ4v) is 2.55. The standard InChI is InChI=1S/C15H16N4O5S/c20-11(17-15(22)16-9-3-4-9)8-23-13(21)6-5-12-18-14(19-24-12)10-2-1-7-25-10/h1-2,7,9H,3-6,8H2,(H2,16,17,20,22). The van der Waals surface area contributed by atoms with Crippen LogP contribution in [0.25, 0.3) is 10.7 Å². The molecule has 0 saturated heterocycles. The Balaban J connectivity index is 1.35. The molecule has 0 radical (unpaired) electrons. The van der Waals surface area contributed by atoms with Crippen LogP contribution < -0.4 is 10.6 Å². The van der Waals surface area contributed by atoms with Gasteiger partial charge in [0.2, 0.25) is 11.7 Å². The lowest BCUT2D eigenvalue weighted by Crippen LogP contribution is -2.42. The molecule has 1 fully saturated rings. The van der Waals surface area contributed by atoms with Gasteiger partial charge in [0.15, 0.2) is 6.61 Å². The number of ether oxygens (including phenoxy) is 1. The van der Waals surface area contributed by atoms with Gasteiger partial charge in [0.05, 0.1) is 11.3 Å². The molecule has 0 unspecified atom stereocenters. The number of amides is 3. The Hall–Kier alpha value is -2.75. The lowest BCUT2D eigenvalue weighted by Gasteiger charge is -2.06. The molecule has 3 amide bonds. The smallest absolute Gasteiger partial charge is 0.321 e. The molecule has 1 aliphatic carbocycles. The molecule has 0 aliphatic heterocycles. The Labute approximate surface area is 146 Å². The first-order valence-electron chi connectivity index (χ1n) is 7.72. The Morgan fingerprint density at radius 1 is 1.36 bits per heavy atom. The van der Waals surface area contributed by atoms with Crippen LogP contribution in [-0.2, 0) is 20.7 Å². The zero-order valence-electron chi connectivity index (χ0n) is 13.2. The second-order valence-electron chi connectivity index (χ2n) is 5.45. The fraction of sp³-hybridized carbons (Fsp3) is 0.400. The van der Waals surface area contributed by atoms with Gasteiger partial charge >= 0.3 is 12.0 Å². The van der Waals surface area contributed by atoms with Crippen LogP contribution in [0.4, 0.5) is 4.79 Å². The van der Waals surface area contributed by atoms with Crippen LogP contribution in [0.2, 0.25) is 0 Å². The van der Waals surface area contributed by atoms with Gasteiger partial charge in [0.25, 0.3) is 5.91 Å². The van der Waals surface area contributed by atoms with Crippen molar-refractivity contribution < 1.29 is 23.6 Å². The first-order valence-corrected chi connectivity index (χ1v) is 8.60. The SMILES string of the molecule is O=C(COC(=O)CCc1nc(-c2cccs2)no1)NC(=O)NC1CC1. The van der Waals surface area contributed by atoms with Crippen LogP contribution in [0.1, 0.15) is 25.2 Å². The van der Waals surface area contributed by atoms with E-state index in [4.69, 9.17) is 9.26 Å². The van der Waals surface area contributed by atoms with E-state index in [9.17, 15) is 14.4 Å². The zero-order valence-corrected chi connectivity index (χ0v) is 14.0. The number of nitrogens with zero attached hydrogens (tertiary/aromatic N) is 2. The quantitative estimate of drug-likeness (QED) is 0.709. The maximum atomic E-state index is 11.6. The summed E-state index contributed by atoms with van der Waals surface area (Å²) in [4.78, 5) is 39.5. The predicted octanol–water partition coefficient (Wildman–Crippen LogP) is 1.26. The van der Waals surface area contributed by atoms with Gasteiger partial charge in [-0.25, -0.2) is 4.79 Å². The van der Waals surface area contributed by atoms with Crippen molar-refractivity contribution in [3.05, 3.63) is 23.4 Å². The Bertz CT molecular complexity index is 754. The summed E-state index contributed by atoms with van der Waals surface area (Å²) in [6, 6.07) is 3.31. The maximum Gasteiger partial charge on any atom is 0.321 e. The van der Waals surface area contributed by atoms with E-state index >= 15 is 0 Å². The second kappa shape index (κ2) is 7.88. The van der Waals surface area contributed by atoms with Crippen LogP contribution in [-0.4, -0.2) is 40.7 Å². The normalized spacial score (nSPS) is 13.3. The van der Waals surface area contributed by atoms with Crippen LogP contribution >= 0.6 is 11.3 Å². The summed E-state index contributed by atoms with van der Waals surface area (Å²) in [5.41, 5.74) is 0. The molecule has 2 N–H and O–H groups in total. The monoisotopic (exact) mass is 364 g/mol. The number of hydrogen-bond acceptors (Lipinski definition) is 8. The van der Waals surface area contributed by atoms with Gasteiger partial charge in [-0.2, -0.15) is 4.98 Å². The molecule has 2 aromatic rings. The Morgan fingerprint density at radius 2 is 2.20 bits per heavy atom. The van der Waals surface area contributed by atoms with E-state index in [-0.39, 0.29) is 18.9 Å². The number of imide groups is 1. The van der Waals surface area contributed by atoms with E-state index in [1.54, 1.807) is 0 Å². The molecule has 0 bridgehead atoms. The summed E-state index contributed by atoms with van der Waals surface area (Å²) < 4.78 is 9.87. The lowest BCUT2D eigenvalue weighted by molar-refractivity contribution is -0.148. The molecule has 10 heteroatoms. The summed E-state index contributed by atoms with van der Waals surface area (Å²) in [6.45, 7) is -0.513. The van der Waals surface area contributed by atoms with Crippen molar-refractivity contribution in [2.24, 2.45) is 0 Å². The van der Waals surface area contributed by atoms with Crippen molar-refractivity contribution in [3.63, 3.8) is 0 Å². The highest BCUT2D eigenvalue weighted by molar-refractivity contribution is 7.13. The number of aryl methyl sites for hydroxylation is 1. The van der Waals surface area contributed by atoms with Crippen molar-refractivity contribution in [1.29, 1.82) is 0 Å². The summed E-state index contributed by atoms with van der Waals surface area (Å²) in [5.74, 6) is -0.481. The van der Waals surface area contributed by atoms with Crippen LogP contribution in [0, 0.1) is 0 Å². The minimum atomic E-state index is -0.677. The van der Waals surface area contributed by atoms with Gasteiger partial charge in [-0.15, -0.1) is 11.3 Å².